The third-order valence-electron chi connectivity index (χ3n) is 7.67. The van der Waals surface area contributed by atoms with Crippen molar-refractivity contribution < 1.29 is 4.74 Å². The van der Waals surface area contributed by atoms with E-state index in [0.717, 1.165) is 43.8 Å². The Bertz CT molecular complexity index is 834. The summed E-state index contributed by atoms with van der Waals surface area (Å²) >= 11 is 0. The van der Waals surface area contributed by atoms with Crippen molar-refractivity contribution in [2.75, 3.05) is 33.3 Å². The van der Waals surface area contributed by atoms with E-state index in [4.69, 9.17) is 4.74 Å². The first-order chi connectivity index (χ1) is 15.3. The maximum Gasteiger partial charge on any atom is 0.173 e. The Morgan fingerprint density at radius 1 is 0.871 bits per heavy atom. The third-order valence-corrected chi connectivity index (χ3v) is 7.67. The highest BCUT2D eigenvalue weighted by Gasteiger charge is 2.35. The molecule has 1 saturated heterocycles. The van der Waals surface area contributed by atoms with E-state index in [1.54, 1.807) is 7.11 Å². The van der Waals surface area contributed by atoms with Crippen LogP contribution in [-0.4, -0.2) is 69.3 Å². The van der Waals surface area contributed by atoms with Gasteiger partial charge in [0.15, 0.2) is 5.82 Å². The molecular formula is C24H36N6O. The van der Waals surface area contributed by atoms with Gasteiger partial charge in [-0.2, -0.15) is 0 Å². The largest absolute Gasteiger partial charge is 0.496 e. The van der Waals surface area contributed by atoms with E-state index < -0.39 is 0 Å². The van der Waals surface area contributed by atoms with Crippen molar-refractivity contribution in [1.82, 2.24) is 30.0 Å². The zero-order chi connectivity index (χ0) is 21.0. The van der Waals surface area contributed by atoms with Crippen LogP contribution in [0.3, 0.4) is 0 Å². The van der Waals surface area contributed by atoms with E-state index >= 15 is 0 Å². The van der Waals surface area contributed by atoms with Crippen molar-refractivity contribution in [2.24, 2.45) is 0 Å². The lowest BCUT2D eigenvalue weighted by atomic mass is 9.93. The Kier molecular flexibility index (Phi) is 6.50. The summed E-state index contributed by atoms with van der Waals surface area (Å²) in [5, 5.41) is 13.2. The first kappa shape index (κ1) is 20.9. The van der Waals surface area contributed by atoms with Crippen LogP contribution in [0.2, 0.25) is 0 Å². The van der Waals surface area contributed by atoms with Gasteiger partial charge in [0.05, 0.1) is 13.2 Å². The molecule has 0 bridgehead atoms. The topological polar surface area (TPSA) is 59.3 Å². The molecule has 7 nitrogen and oxygen atoms in total. The molecule has 168 valence electrons. The monoisotopic (exact) mass is 424 g/mol. The quantitative estimate of drug-likeness (QED) is 0.702. The number of nitrogens with zero attached hydrogens (tertiary/aromatic N) is 6. The van der Waals surface area contributed by atoms with Gasteiger partial charge in [-0.15, -0.1) is 5.10 Å². The average Bonchev–Trinajstić information content (AvgIpc) is 3.53. The van der Waals surface area contributed by atoms with Crippen LogP contribution >= 0.6 is 0 Å². The smallest absolute Gasteiger partial charge is 0.173 e. The van der Waals surface area contributed by atoms with Crippen LogP contribution in [0, 0.1) is 0 Å². The van der Waals surface area contributed by atoms with E-state index in [9.17, 15) is 0 Å². The van der Waals surface area contributed by atoms with Gasteiger partial charge in [0.25, 0.3) is 0 Å². The van der Waals surface area contributed by atoms with E-state index in [2.05, 4.69) is 48.2 Å². The van der Waals surface area contributed by atoms with Gasteiger partial charge >= 0.3 is 0 Å². The molecule has 31 heavy (non-hydrogen) atoms. The summed E-state index contributed by atoms with van der Waals surface area (Å²) in [5.41, 5.74) is 1.17. The average molecular weight is 425 g/mol. The lowest BCUT2D eigenvalue weighted by molar-refractivity contribution is 0.0610. The molecule has 2 aromatic rings. The van der Waals surface area contributed by atoms with Crippen molar-refractivity contribution in [3.05, 3.63) is 35.7 Å². The molecule has 0 spiro atoms. The molecule has 2 aliphatic carbocycles. The molecule has 5 rings (SSSR count). The van der Waals surface area contributed by atoms with E-state index in [0.29, 0.717) is 6.04 Å². The highest BCUT2D eigenvalue weighted by Crippen LogP contribution is 2.38. The Balaban J connectivity index is 1.42. The van der Waals surface area contributed by atoms with Crippen LogP contribution in [-0.2, 0) is 0 Å². The second-order valence-electron chi connectivity index (χ2n) is 9.43. The molecule has 3 aliphatic rings. The third kappa shape index (κ3) is 4.35. The number of piperazine rings is 1. The fourth-order valence-electron chi connectivity index (χ4n) is 5.99. The Morgan fingerprint density at radius 3 is 2.29 bits per heavy atom. The van der Waals surface area contributed by atoms with Gasteiger partial charge in [0.2, 0.25) is 0 Å². The predicted octanol–water partition coefficient (Wildman–Crippen LogP) is 3.84. The van der Waals surface area contributed by atoms with Gasteiger partial charge in [-0.05, 0) is 42.2 Å². The van der Waals surface area contributed by atoms with Crippen LogP contribution in [0.1, 0.15) is 81.3 Å². The lowest BCUT2D eigenvalue weighted by Gasteiger charge is -2.43. The molecule has 0 radical (unpaired) electrons. The highest BCUT2D eigenvalue weighted by atomic mass is 16.5. The lowest BCUT2D eigenvalue weighted by Crippen LogP contribution is -2.52. The van der Waals surface area contributed by atoms with Gasteiger partial charge in [-0.3, -0.25) is 9.80 Å². The van der Waals surface area contributed by atoms with Crippen LogP contribution in [0.15, 0.2) is 24.3 Å². The SMILES string of the molecule is COc1ccccc1[C@@H](c1nnnn1C1CCCC1)N1CCN(C2CCCCC2)CC1. The fourth-order valence-corrected chi connectivity index (χ4v) is 5.99. The summed E-state index contributed by atoms with van der Waals surface area (Å²) in [7, 11) is 1.76. The molecule has 0 unspecified atom stereocenters. The first-order valence-corrected chi connectivity index (χ1v) is 12.2. The van der Waals surface area contributed by atoms with Crippen LogP contribution in [0.5, 0.6) is 5.75 Å². The summed E-state index contributed by atoms with van der Waals surface area (Å²) in [5.74, 6) is 1.89. The molecule has 7 heteroatoms. The summed E-state index contributed by atoms with van der Waals surface area (Å²) in [4.78, 5) is 5.31. The van der Waals surface area contributed by atoms with E-state index in [-0.39, 0.29) is 6.04 Å². The van der Waals surface area contributed by atoms with E-state index in [1.807, 2.05) is 6.07 Å². The van der Waals surface area contributed by atoms with E-state index in [1.165, 1.54) is 63.4 Å². The van der Waals surface area contributed by atoms with Crippen LogP contribution < -0.4 is 4.74 Å². The molecule has 3 fully saturated rings. The minimum absolute atomic E-state index is 0.0280. The van der Waals surface area contributed by atoms with Gasteiger partial charge in [0.1, 0.15) is 11.8 Å². The van der Waals surface area contributed by atoms with Gasteiger partial charge in [-0.1, -0.05) is 50.3 Å². The molecule has 0 amide bonds. The maximum absolute atomic E-state index is 5.78. The van der Waals surface area contributed by atoms with Gasteiger partial charge in [-0.25, -0.2) is 4.68 Å². The number of benzene rings is 1. The van der Waals surface area contributed by atoms with Crippen LogP contribution in [0.25, 0.3) is 0 Å². The van der Waals surface area contributed by atoms with Crippen LogP contribution in [0.4, 0.5) is 0 Å². The summed E-state index contributed by atoms with van der Waals surface area (Å²) in [6.07, 6.45) is 11.8. The van der Waals surface area contributed by atoms with Crippen molar-refractivity contribution >= 4 is 0 Å². The molecule has 1 atom stereocenters. The number of hydrogen-bond donors (Lipinski definition) is 0. The summed E-state index contributed by atoms with van der Waals surface area (Å²) in [6.45, 7) is 4.33. The van der Waals surface area contributed by atoms with Gasteiger partial charge in [0, 0.05) is 37.8 Å². The maximum atomic E-state index is 5.78. The summed E-state index contributed by atoms with van der Waals surface area (Å²) < 4.78 is 7.90. The molecule has 1 aliphatic heterocycles. The number of para-hydroxylation sites is 1. The number of methoxy groups -OCH3 is 1. The Labute approximate surface area is 185 Å². The number of rotatable bonds is 6. The predicted molar refractivity (Wildman–Crippen MR) is 120 cm³/mol. The first-order valence-electron chi connectivity index (χ1n) is 12.2. The van der Waals surface area contributed by atoms with Crippen molar-refractivity contribution in [3.63, 3.8) is 0 Å². The molecule has 1 aromatic carbocycles. The zero-order valence-electron chi connectivity index (χ0n) is 18.8. The van der Waals surface area contributed by atoms with Crippen molar-refractivity contribution in [1.29, 1.82) is 0 Å². The van der Waals surface area contributed by atoms with Crippen molar-refractivity contribution in [3.8, 4) is 5.75 Å². The Hall–Kier alpha value is -1.99. The number of ether oxygens (including phenoxy) is 1. The highest BCUT2D eigenvalue weighted by molar-refractivity contribution is 5.39. The molecule has 1 aromatic heterocycles. The minimum Gasteiger partial charge on any atom is -0.496 e. The number of tetrazole rings is 1. The standard InChI is InChI=1S/C24H36N6O/c1-31-22-14-8-7-13-21(22)23(24-25-26-27-30(24)20-11-5-6-12-20)29-17-15-28(16-18-29)19-9-3-2-4-10-19/h7-8,13-14,19-20,23H,2-6,9-12,15-18H2,1H3/t23-/m0/s1. The second kappa shape index (κ2) is 9.65. The second-order valence-corrected chi connectivity index (χ2v) is 9.43. The molecular weight excluding hydrogens is 388 g/mol. The number of aromatic nitrogens is 4. The molecule has 0 N–H and O–H groups in total. The van der Waals surface area contributed by atoms with Gasteiger partial charge < -0.3 is 4.74 Å². The normalized spacial score (nSPS) is 23.3. The zero-order valence-corrected chi connectivity index (χ0v) is 18.8. The minimum atomic E-state index is 0.0280. The summed E-state index contributed by atoms with van der Waals surface area (Å²) in [6, 6.07) is 9.62. The number of hydrogen-bond acceptors (Lipinski definition) is 6. The fraction of sp³-hybridized carbons (Fsp3) is 0.708. The van der Waals surface area contributed by atoms with Crippen molar-refractivity contribution in [2.45, 2.75) is 75.9 Å². The molecule has 2 heterocycles. The molecule has 2 saturated carbocycles. The Morgan fingerprint density at radius 2 is 1.55 bits per heavy atom.